The molecular weight excluding hydrogens is 336 g/mol. The zero-order chi connectivity index (χ0) is 16.9. The van der Waals surface area contributed by atoms with Gasteiger partial charge in [0.05, 0.1) is 0 Å². The maximum absolute atomic E-state index is 13.4. The van der Waals surface area contributed by atoms with Crippen LogP contribution in [0.1, 0.15) is 47.4 Å². The van der Waals surface area contributed by atoms with Crippen LogP contribution in [0.25, 0.3) is 0 Å². The number of hydrogen-bond acceptors (Lipinski definition) is 4. The Balaban J connectivity index is 1.90. The van der Waals surface area contributed by atoms with Crippen molar-refractivity contribution in [3.8, 4) is 0 Å². The molecule has 0 N–H and O–H groups in total. The number of carbonyl (C=O) groups excluding carboxylic acids is 2. The molecule has 2 heterocycles. The van der Waals surface area contributed by atoms with Crippen LogP contribution in [0.4, 0.5) is 0 Å². The molecule has 24 heavy (non-hydrogen) atoms. The number of thioether (sulfide) groups is 2. The average molecular weight is 354 g/mol. The minimum absolute atomic E-state index is 0.112. The molecular formula is C20H18O2S2. The molecule has 2 unspecified atom stereocenters. The van der Waals surface area contributed by atoms with E-state index in [4.69, 9.17) is 0 Å². The molecule has 0 saturated heterocycles. The number of Topliss-reactive ketones (excluding diaryl/α,β-unsaturated/α-hetero) is 2. The number of hydrogen-bond donors (Lipinski definition) is 0. The smallest absolute Gasteiger partial charge is 0.182 e. The van der Waals surface area contributed by atoms with Gasteiger partial charge >= 0.3 is 0 Å². The van der Waals surface area contributed by atoms with Gasteiger partial charge in [0.15, 0.2) is 11.6 Å². The minimum atomic E-state index is -0.730. The standard InChI is InChI=1S/C20H18O2S2/c1-3-19(17(21)13-9-5-7-11-15(13)23-19)20(4-2)18(22)14-10-6-8-12-16(14)24-20/h5-12H,3-4H2,1-2H3. The van der Waals surface area contributed by atoms with Crippen molar-refractivity contribution in [1.82, 2.24) is 0 Å². The first-order valence-electron chi connectivity index (χ1n) is 8.25. The maximum atomic E-state index is 13.4. The minimum Gasteiger partial charge on any atom is -0.292 e. The number of fused-ring (bicyclic) bond motifs is 2. The Morgan fingerprint density at radius 1 is 0.708 bits per heavy atom. The van der Waals surface area contributed by atoms with Crippen molar-refractivity contribution >= 4 is 35.1 Å². The summed E-state index contributed by atoms with van der Waals surface area (Å²) in [5.41, 5.74) is 1.53. The molecule has 0 radical (unpaired) electrons. The SMILES string of the molecule is CCC1(C2(CC)Sc3ccccc3C2=O)Sc2ccccc2C1=O. The van der Waals surface area contributed by atoms with E-state index in [0.717, 1.165) is 20.9 Å². The van der Waals surface area contributed by atoms with E-state index in [1.807, 2.05) is 62.4 Å². The zero-order valence-electron chi connectivity index (χ0n) is 13.7. The Morgan fingerprint density at radius 2 is 1.08 bits per heavy atom. The fraction of sp³-hybridized carbons (Fsp3) is 0.300. The summed E-state index contributed by atoms with van der Waals surface area (Å²) < 4.78 is -1.46. The summed E-state index contributed by atoms with van der Waals surface area (Å²) in [6.07, 6.45) is 1.29. The quantitative estimate of drug-likeness (QED) is 0.753. The Morgan fingerprint density at radius 3 is 1.42 bits per heavy atom. The fourth-order valence-corrected chi connectivity index (χ4v) is 7.29. The first kappa shape index (κ1) is 16.0. The molecule has 0 spiro atoms. The van der Waals surface area contributed by atoms with Crippen LogP contribution in [0.15, 0.2) is 58.3 Å². The van der Waals surface area contributed by atoms with Crippen molar-refractivity contribution in [1.29, 1.82) is 0 Å². The molecule has 2 aromatic carbocycles. The second-order valence-corrected chi connectivity index (χ2v) is 8.90. The summed E-state index contributed by atoms with van der Waals surface area (Å²) in [6, 6.07) is 15.5. The van der Waals surface area contributed by atoms with Gasteiger partial charge in [0, 0.05) is 20.9 Å². The van der Waals surface area contributed by atoms with Crippen LogP contribution in [0.3, 0.4) is 0 Å². The third-order valence-corrected chi connectivity index (χ3v) is 8.84. The van der Waals surface area contributed by atoms with Gasteiger partial charge < -0.3 is 0 Å². The van der Waals surface area contributed by atoms with Gasteiger partial charge in [0.2, 0.25) is 0 Å². The molecule has 2 nitrogen and oxygen atoms in total. The second-order valence-electron chi connectivity index (χ2n) is 6.22. The van der Waals surface area contributed by atoms with Crippen molar-refractivity contribution in [2.45, 2.75) is 46.0 Å². The van der Waals surface area contributed by atoms with E-state index >= 15 is 0 Å². The van der Waals surface area contributed by atoms with E-state index in [0.29, 0.717) is 12.8 Å². The zero-order valence-corrected chi connectivity index (χ0v) is 15.3. The first-order chi connectivity index (χ1) is 11.6. The summed E-state index contributed by atoms with van der Waals surface area (Å²) in [4.78, 5) is 28.8. The molecule has 2 atom stereocenters. The Bertz CT molecular complexity index is 789. The fourth-order valence-electron chi connectivity index (χ4n) is 3.96. The van der Waals surface area contributed by atoms with E-state index in [1.165, 1.54) is 0 Å². The summed E-state index contributed by atoms with van der Waals surface area (Å²) in [6.45, 7) is 4.07. The topological polar surface area (TPSA) is 34.1 Å². The monoisotopic (exact) mass is 354 g/mol. The maximum Gasteiger partial charge on any atom is 0.182 e. The van der Waals surface area contributed by atoms with Crippen LogP contribution in [0.5, 0.6) is 0 Å². The van der Waals surface area contributed by atoms with E-state index in [2.05, 4.69) is 0 Å². The highest BCUT2D eigenvalue weighted by Gasteiger charge is 2.65. The van der Waals surface area contributed by atoms with E-state index < -0.39 is 9.49 Å². The molecule has 0 fully saturated rings. The molecule has 2 aliphatic heterocycles. The molecule has 2 aromatic rings. The lowest BCUT2D eigenvalue weighted by Crippen LogP contribution is -2.55. The van der Waals surface area contributed by atoms with Crippen molar-refractivity contribution in [2.75, 3.05) is 0 Å². The molecule has 0 bridgehead atoms. The molecule has 4 heteroatoms. The van der Waals surface area contributed by atoms with Gasteiger partial charge in [-0.3, -0.25) is 9.59 Å². The summed E-state index contributed by atoms with van der Waals surface area (Å²) >= 11 is 3.19. The Labute approximate surface area is 150 Å². The highest BCUT2D eigenvalue weighted by atomic mass is 32.2. The Kier molecular flexibility index (Phi) is 3.66. The number of rotatable bonds is 3. The van der Waals surface area contributed by atoms with Gasteiger partial charge in [-0.2, -0.15) is 0 Å². The van der Waals surface area contributed by atoms with E-state index in [9.17, 15) is 9.59 Å². The predicted molar refractivity (Wildman–Crippen MR) is 99.3 cm³/mol. The van der Waals surface area contributed by atoms with Crippen molar-refractivity contribution in [3.05, 3.63) is 59.7 Å². The lowest BCUT2D eigenvalue weighted by Gasteiger charge is -2.41. The van der Waals surface area contributed by atoms with Crippen LogP contribution < -0.4 is 0 Å². The van der Waals surface area contributed by atoms with Crippen LogP contribution in [-0.4, -0.2) is 21.1 Å². The van der Waals surface area contributed by atoms with Crippen molar-refractivity contribution < 1.29 is 9.59 Å². The van der Waals surface area contributed by atoms with Crippen LogP contribution >= 0.6 is 23.5 Å². The summed E-state index contributed by atoms with van der Waals surface area (Å²) in [7, 11) is 0. The number of benzene rings is 2. The average Bonchev–Trinajstić information content (AvgIpc) is 3.09. The highest BCUT2D eigenvalue weighted by Crippen LogP contribution is 2.63. The molecule has 0 aliphatic carbocycles. The first-order valence-corrected chi connectivity index (χ1v) is 9.88. The van der Waals surface area contributed by atoms with Crippen LogP contribution in [-0.2, 0) is 0 Å². The molecule has 2 aliphatic rings. The van der Waals surface area contributed by atoms with Gasteiger partial charge in [0.1, 0.15) is 9.49 Å². The largest absolute Gasteiger partial charge is 0.292 e. The molecule has 0 aromatic heterocycles. The lowest BCUT2D eigenvalue weighted by molar-refractivity contribution is 0.0829. The van der Waals surface area contributed by atoms with Gasteiger partial charge in [-0.15, -0.1) is 23.5 Å². The van der Waals surface area contributed by atoms with Gasteiger partial charge in [-0.1, -0.05) is 50.2 Å². The second kappa shape index (κ2) is 5.50. The van der Waals surface area contributed by atoms with Gasteiger partial charge in [-0.05, 0) is 25.0 Å². The van der Waals surface area contributed by atoms with Crippen LogP contribution in [0, 0.1) is 0 Å². The third kappa shape index (κ3) is 1.81. The number of carbonyl (C=O) groups is 2. The molecule has 122 valence electrons. The summed E-state index contributed by atoms with van der Waals surface area (Å²) in [5, 5.41) is 0. The van der Waals surface area contributed by atoms with Crippen molar-refractivity contribution in [2.24, 2.45) is 0 Å². The predicted octanol–water partition coefficient (Wildman–Crippen LogP) is 5.26. The number of ketones is 2. The highest BCUT2D eigenvalue weighted by molar-refractivity contribution is 8.06. The third-order valence-electron chi connectivity index (χ3n) is 5.21. The van der Waals surface area contributed by atoms with E-state index in [-0.39, 0.29) is 11.6 Å². The summed E-state index contributed by atoms with van der Waals surface area (Å²) in [5.74, 6) is 0.224. The van der Waals surface area contributed by atoms with Gasteiger partial charge in [-0.25, -0.2) is 0 Å². The molecule has 0 saturated carbocycles. The molecule has 0 amide bonds. The van der Waals surface area contributed by atoms with E-state index in [1.54, 1.807) is 23.5 Å². The normalized spacial score (nSPS) is 28.1. The lowest BCUT2D eigenvalue weighted by atomic mass is 9.77. The van der Waals surface area contributed by atoms with Crippen LogP contribution in [0.2, 0.25) is 0 Å². The van der Waals surface area contributed by atoms with Crippen molar-refractivity contribution in [3.63, 3.8) is 0 Å². The van der Waals surface area contributed by atoms with Gasteiger partial charge in [0.25, 0.3) is 0 Å². The molecule has 4 rings (SSSR count). The Hall–Kier alpha value is -1.52.